The van der Waals surface area contributed by atoms with Crippen molar-refractivity contribution in [3.8, 4) is 0 Å². The van der Waals surface area contributed by atoms with Crippen LogP contribution < -0.4 is 10.6 Å². The van der Waals surface area contributed by atoms with Crippen LogP contribution in [0.15, 0.2) is 60.8 Å². The topological polar surface area (TPSA) is 54.0 Å². The summed E-state index contributed by atoms with van der Waals surface area (Å²) >= 11 is 5.86. The molecule has 1 amide bonds. The van der Waals surface area contributed by atoms with E-state index in [0.717, 1.165) is 12.1 Å². The van der Waals surface area contributed by atoms with Crippen molar-refractivity contribution in [1.82, 2.24) is 4.98 Å². The van der Waals surface area contributed by atoms with Crippen molar-refractivity contribution in [2.75, 3.05) is 10.6 Å². The summed E-state index contributed by atoms with van der Waals surface area (Å²) < 4.78 is 27.2. The number of para-hydroxylation sites is 1. The van der Waals surface area contributed by atoms with Gasteiger partial charge in [-0.1, -0.05) is 23.7 Å². The Balaban J connectivity index is 1.72. The van der Waals surface area contributed by atoms with E-state index in [2.05, 4.69) is 15.6 Å². The van der Waals surface area contributed by atoms with Gasteiger partial charge in [-0.3, -0.25) is 4.79 Å². The van der Waals surface area contributed by atoms with Gasteiger partial charge in [0.25, 0.3) is 5.91 Å². The molecule has 2 aromatic carbocycles. The number of nitrogens with one attached hydrogen (secondary N) is 2. The monoisotopic (exact) mass is 359 g/mol. The van der Waals surface area contributed by atoms with Gasteiger partial charge in [-0.05, 0) is 42.5 Å². The van der Waals surface area contributed by atoms with E-state index in [0.29, 0.717) is 16.4 Å². The molecule has 0 aliphatic carbocycles. The summed E-state index contributed by atoms with van der Waals surface area (Å²) in [4.78, 5) is 16.1. The Morgan fingerprint density at radius 2 is 1.68 bits per heavy atom. The average molecular weight is 360 g/mol. The third kappa shape index (κ3) is 4.10. The van der Waals surface area contributed by atoms with Crippen molar-refractivity contribution in [3.63, 3.8) is 0 Å². The van der Waals surface area contributed by atoms with E-state index in [4.69, 9.17) is 11.6 Å². The maximum atomic E-state index is 13.6. The number of carbonyl (C=O) groups excluding carboxylic acids is 1. The molecule has 2 N–H and O–H groups in total. The number of aromatic nitrogens is 1. The quantitative estimate of drug-likeness (QED) is 0.688. The van der Waals surface area contributed by atoms with E-state index >= 15 is 0 Å². The second-order valence-electron chi connectivity index (χ2n) is 5.12. The Morgan fingerprint density at radius 3 is 2.32 bits per heavy atom. The Hall–Kier alpha value is -2.99. The lowest BCUT2D eigenvalue weighted by atomic mass is 10.2. The SMILES string of the molecule is O=C(Nc1cccc(Cl)c1)c1ccc(Nc2c(F)cccc2F)cn1. The lowest BCUT2D eigenvalue weighted by molar-refractivity contribution is 0.102. The number of halogens is 3. The fourth-order valence-electron chi connectivity index (χ4n) is 2.13. The number of benzene rings is 2. The number of hydrogen-bond acceptors (Lipinski definition) is 3. The number of pyridine rings is 1. The molecule has 0 radical (unpaired) electrons. The zero-order valence-electron chi connectivity index (χ0n) is 12.8. The lowest BCUT2D eigenvalue weighted by Gasteiger charge is -2.09. The Kier molecular flexibility index (Phi) is 4.90. The standard InChI is InChI=1S/C18H12ClF2N3O/c19-11-3-1-4-12(9-11)24-18(25)16-8-7-13(10-22-16)23-17-14(20)5-2-6-15(17)21/h1-10,23H,(H,24,25). The summed E-state index contributed by atoms with van der Waals surface area (Å²) in [5, 5.41) is 5.76. The van der Waals surface area contributed by atoms with Crippen LogP contribution in [0.4, 0.5) is 25.8 Å². The number of rotatable bonds is 4. The van der Waals surface area contributed by atoms with Gasteiger partial charge in [0.15, 0.2) is 0 Å². The summed E-state index contributed by atoms with van der Waals surface area (Å²) in [6.07, 6.45) is 1.32. The molecule has 0 bridgehead atoms. The minimum atomic E-state index is -0.720. The van der Waals surface area contributed by atoms with Crippen LogP contribution in [-0.2, 0) is 0 Å². The summed E-state index contributed by atoms with van der Waals surface area (Å²) in [5.41, 5.74) is 0.762. The molecule has 0 unspecified atom stereocenters. The third-order valence-corrected chi connectivity index (χ3v) is 3.55. The summed E-state index contributed by atoms with van der Waals surface area (Å²) in [6, 6.07) is 13.2. The zero-order chi connectivity index (χ0) is 17.8. The van der Waals surface area contributed by atoms with Gasteiger partial charge >= 0.3 is 0 Å². The van der Waals surface area contributed by atoms with Crippen LogP contribution in [0, 0.1) is 11.6 Å². The molecule has 1 aromatic heterocycles. The molecular weight excluding hydrogens is 348 g/mol. The molecule has 3 aromatic rings. The van der Waals surface area contributed by atoms with E-state index in [1.165, 1.54) is 24.4 Å². The van der Waals surface area contributed by atoms with Crippen LogP contribution in [0.1, 0.15) is 10.5 Å². The van der Waals surface area contributed by atoms with Crippen molar-refractivity contribution >= 4 is 34.6 Å². The first-order valence-corrected chi connectivity index (χ1v) is 7.65. The second-order valence-corrected chi connectivity index (χ2v) is 5.55. The highest BCUT2D eigenvalue weighted by atomic mass is 35.5. The van der Waals surface area contributed by atoms with Crippen LogP contribution in [0.3, 0.4) is 0 Å². The first-order chi connectivity index (χ1) is 12.0. The molecule has 3 rings (SSSR count). The third-order valence-electron chi connectivity index (χ3n) is 3.31. The maximum Gasteiger partial charge on any atom is 0.274 e. The molecule has 1 heterocycles. The minimum Gasteiger partial charge on any atom is -0.349 e. The van der Waals surface area contributed by atoms with Gasteiger partial charge in [0.05, 0.1) is 11.9 Å². The summed E-state index contributed by atoms with van der Waals surface area (Å²) in [7, 11) is 0. The van der Waals surface area contributed by atoms with Crippen molar-refractivity contribution < 1.29 is 13.6 Å². The number of carbonyl (C=O) groups is 1. The van der Waals surface area contributed by atoms with E-state index in [9.17, 15) is 13.6 Å². The first kappa shape index (κ1) is 16.9. The van der Waals surface area contributed by atoms with Gasteiger partial charge in [0, 0.05) is 10.7 Å². The van der Waals surface area contributed by atoms with E-state index in [1.54, 1.807) is 24.3 Å². The van der Waals surface area contributed by atoms with Crippen molar-refractivity contribution in [1.29, 1.82) is 0 Å². The largest absolute Gasteiger partial charge is 0.349 e. The van der Waals surface area contributed by atoms with Crippen LogP contribution in [0.2, 0.25) is 5.02 Å². The fourth-order valence-corrected chi connectivity index (χ4v) is 2.32. The average Bonchev–Trinajstić information content (AvgIpc) is 2.59. The molecule has 0 saturated heterocycles. The van der Waals surface area contributed by atoms with Gasteiger partial charge < -0.3 is 10.6 Å². The molecular formula is C18H12ClF2N3O. The Morgan fingerprint density at radius 1 is 0.960 bits per heavy atom. The first-order valence-electron chi connectivity index (χ1n) is 7.27. The molecule has 7 heteroatoms. The highest BCUT2D eigenvalue weighted by Crippen LogP contribution is 2.23. The molecule has 4 nitrogen and oxygen atoms in total. The lowest BCUT2D eigenvalue weighted by Crippen LogP contribution is -2.13. The van der Waals surface area contributed by atoms with Crippen molar-refractivity contribution in [2.45, 2.75) is 0 Å². The predicted molar refractivity (Wildman–Crippen MR) is 93.3 cm³/mol. The molecule has 0 aliphatic heterocycles. The highest BCUT2D eigenvalue weighted by Gasteiger charge is 2.11. The number of hydrogen-bond donors (Lipinski definition) is 2. The maximum absolute atomic E-state index is 13.6. The molecule has 0 aliphatic rings. The highest BCUT2D eigenvalue weighted by molar-refractivity contribution is 6.30. The van der Waals surface area contributed by atoms with Crippen LogP contribution >= 0.6 is 11.6 Å². The molecule has 0 spiro atoms. The van der Waals surface area contributed by atoms with E-state index in [-0.39, 0.29) is 11.4 Å². The minimum absolute atomic E-state index is 0.152. The van der Waals surface area contributed by atoms with Crippen molar-refractivity contribution in [2.24, 2.45) is 0 Å². The molecule has 0 fully saturated rings. The van der Waals surface area contributed by atoms with E-state index in [1.807, 2.05) is 0 Å². The van der Waals surface area contributed by atoms with Gasteiger partial charge in [0.2, 0.25) is 0 Å². The van der Waals surface area contributed by atoms with Gasteiger partial charge in [0.1, 0.15) is 23.0 Å². The van der Waals surface area contributed by atoms with Crippen molar-refractivity contribution in [3.05, 3.63) is 83.1 Å². The van der Waals surface area contributed by atoms with Gasteiger partial charge in [-0.15, -0.1) is 0 Å². The fraction of sp³-hybridized carbons (Fsp3) is 0. The smallest absolute Gasteiger partial charge is 0.274 e. The van der Waals surface area contributed by atoms with Gasteiger partial charge in [-0.25, -0.2) is 13.8 Å². The summed E-state index contributed by atoms with van der Waals surface area (Å²) in [5.74, 6) is -1.86. The van der Waals surface area contributed by atoms with Crippen LogP contribution in [0.5, 0.6) is 0 Å². The van der Waals surface area contributed by atoms with E-state index < -0.39 is 17.5 Å². The molecule has 0 atom stereocenters. The molecule has 0 saturated carbocycles. The molecule has 25 heavy (non-hydrogen) atoms. The van der Waals surface area contributed by atoms with Crippen LogP contribution in [-0.4, -0.2) is 10.9 Å². The second kappa shape index (κ2) is 7.27. The number of amides is 1. The Labute approximate surface area is 147 Å². The normalized spacial score (nSPS) is 10.4. The Bertz CT molecular complexity index is 896. The van der Waals surface area contributed by atoms with Crippen LogP contribution in [0.25, 0.3) is 0 Å². The van der Waals surface area contributed by atoms with Gasteiger partial charge in [-0.2, -0.15) is 0 Å². The number of anilines is 3. The summed E-state index contributed by atoms with van der Waals surface area (Å²) in [6.45, 7) is 0. The number of nitrogens with zero attached hydrogens (tertiary/aromatic N) is 1. The zero-order valence-corrected chi connectivity index (χ0v) is 13.5. The molecule has 126 valence electrons. The predicted octanol–water partition coefficient (Wildman–Crippen LogP) is 5.01.